The minimum atomic E-state index is -2.32. The Morgan fingerprint density at radius 2 is 2.35 bits per heavy atom. The molecule has 0 aliphatic carbocycles. The van der Waals surface area contributed by atoms with Crippen molar-refractivity contribution in [1.29, 1.82) is 0 Å². The maximum atomic E-state index is 9.86. The zero-order valence-corrected chi connectivity index (χ0v) is 8.89. The van der Waals surface area contributed by atoms with E-state index >= 15 is 0 Å². The molecule has 0 saturated carbocycles. The maximum absolute atomic E-state index is 9.86. The number of nitrogens with zero attached hydrogens (tertiary/aromatic N) is 3. The lowest BCUT2D eigenvalue weighted by Gasteiger charge is -2.29. The highest BCUT2D eigenvalue weighted by atomic mass is 16.6. The van der Waals surface area contributed by atoms with Gasteiger partial charge in [-0.1, -0.05) is 6.58 Å². The van der Waals surface area contributed by atoms with Crippen LogP contribution in [0, 0.1) is 0 Å². The molecule has 94 valence electrons. The number of aliphatic imine (C=N–C) groups is 2. The fourth-order valence-electron chi connectivity index (χ4n) is 1.62. The first-order valence-corrected chi connectivity index (χ1v) is 4.90. The highest BCUT2D eigenvalue weighted by Crippen LogP contribution is 2.26. The summed E-state index contributed by atoms with van der Waals surface area (Å²) in [4.78, 5) is 8.72. The lowest BCUT2D eigenvalue weighted by molar-refractivity contribution is -0.0607. The second kappa shape index (κ2) is 4.41. The predicted octanol–water partition coefficient (Wildman–Crippen LogP) is -2.44. The van der Waals surface area contributed by atoms with Crippen molar-refractivity contribution in [3.8, 4) is 0 Å². The molecule has 0 radical (unpaired) electrons. The SMILES string of the molecule is [2H]C1(O)[C@H](O)[C@H](N2C=NC(N)=NC2=C)O[C@@H]1CO. The van der Waals surface area contributed by atoms with Crippen LogP contribution in [0.25, 0.3) is 0 Å². The Morgan fingerprint density at radius 3 is 2.88 bits per heavy atom. The van der Waals surface area contributed by atoms with Crippen LogP contribution in [0.3, 0.4) is 0 Å². The monoisotopic (exact) mass is 243 g/mol. The van der Waals surface area contributed by atoms with Crippen molar-refractivity contribution in [2.45, 2.75) is 24.5 Å². The van der Waals surface area contributed by atoms with Crippen LogP contribution in [0.15, 0.2) is 22.4 Å². The van der Waals surface area contributed by atoms with Gasteiger partial charge in [0.05, 0.1) is 7.98 Å². The van der Waals surface area contributed by atoms with Crippen LogP contribution in [0.5, 0.6) is 0 Å². The minimum absolute atomic E-state index is 0.00331. The second-order valence-electron chi connectivity index (χ2n) is 3.61. The van der Waals surface area contributed by atoms with Crippen LogP contribution in [0.1, 0.15) is 1.37 Å². The molecule has 5 N–H and O–H groups in total. The van der Waals surface area contributed by atoms with Crippen molar-refractivity contribution >= 4 is 12.3 Å². The Balaban J connectivity index is 2.22. The number of hydrogen-bond acceptors (Lipinski definition) is 8. The molecule has 1 fully saturated rings. The second-order valence-corrected chi connectivity index (χ2v) is 3.61. The molecular weight excluding hydrogens is 228 g/mol. The van der Waals surface area contributed by atoms with E-state index in [0.717, 1.165) is 0 Å². The van der Waals surface area contributed by atoms with Gasteiger partial charge in [0.25, 0.3) is 0 Å². The molecule has 17 heavy (non-hydrogen) atoms. The first-order valence-electron chi connectivity index (χ1n) is 5.40. The maximum Gasteiger partial charge on any atom is 0.223 e. The Morgan fingerprint density at radius 1 is 1.65 bits per heavy atom. The number of ether oxygens (including phenoxy) is 1. The van der Waals surface area contributed by atoms with Crippen LogP contribution in [0.4, 0.5) is 0 Å². The van der Waals surface area contributed by atoms with Gasteiger partial charge in [-0.3, -0.25) is 4.90 Å². The van der Waals surface area contributed by atoms with E-state index in [1.807, 2.05) is 0 Å². The summed E-state index contributed by atoms with van der Waals surface area (Å²) in [7, 11) is 0. The average Bonchev–Trinajstić information content (AvgIpc) is 2.52. The third-order valence-electron chi connectivity index (χ3n) is 2.50. The number of aliphatic hydroxyl groups excluding tert-OH is 2. The van der Waals surface area contributed by atoms with E-state index in [9.17, 15) is 10.2 Å². The molecule has 2 aliphatic heterocycles. The van der Waals surface area contributed by atoms with Gasteiger partial charge in [-0.2, -0.15) is 4.99 Å². The van der Waals surface area contributed by atoms with Gasteiger partial charge in [-0.25, -0.2) is 4.99 Å². The van der Waals surface area contributed by atoms with Crippen molar-refractivity contribution in [3.05, 3.63) is 12.4 Å². The highest BCUT2D eigenvalue weighted by molar-refractivity contribution is 5.89. The third kappa shape index (κ3) is 2.03. The fourth-order valence-corrected chi connectivity index (χ4v) is 1.62. The van der Waals surface area contributed by atoms with Crippen molar-refractivity contribution in [3.63, 3.8) is 0 Å². The van der Waals surface area contributed by atoms with E-state index in [1.54, 1.807) is 0 Å². The van der Waals surface area contributed by atoms with Gasteiger partial charge in [0.15, 0.2) is 6.23 Å². The van der Waals surface area contributed by atoms with Gasteiger partial charge in [-0.05, 0) is 0 Å². The summed E-state index contributed by atoms with van der Waals surface area (Å²) in [5, 5.41) is 28.6. The zero-order valence-electron chi connectivity index (χ0n) is 9.89. The van der Waals surface area contributed by atoms with E-state index in [1.165, 1.54) is 11.2 Å². The summed E-state index contributed by atoms with van der Waals surface area (Å²) in [6.07, 6.45) is -5.01. The molecule has 2 heterocycles. The third-order valence-corrected chi connectivity index (χ3v) is 2.50. The zero-order chi connectivity index (χ0) is 13.5. The van der Waals surface area contributed by atoms with Crippen molar-refractivity contribution < 1.29 is 21.4 Å². The van der Waals surface area contributed by atoms with Gasteiger partial charge >= 0.3 is 0 Å². The van der Waals surface area contributed by atoms with Crippen LogP contribution >= 0.6 is 0 Å². The van der Waals surface area contributed by atoms with Gasteiger partial charge in [-0.15, -0.1) is 0 Å². The molecule has 2 aliphatic rings. The molecule has 4 atom stereocenters. The Kier molecular flexibility index (Phi) is 2.77. The molecule has 0 spiro atoms. The quantitative estimate of drug-likeness (QED) is 0.427. The Labute approximate surface area is 98.7 Å². The summed E-state index contributed by atoms with van der Waals surface area (Å²) in [6.45, 7) is 2.99. The van der Waals surface area contributed by atoms with E-state index in [2.05, 4.69) is 16.6 Å². The van der Waals surface area contributed by atoms with Gasteiger partial charge in [0.1, 0.15) is 30.4 Å². The summed E-state index contributed by atoms with van der Waals surface area (Å²) in [5.41, 5.74) is 5.36. The van der Waals surface area contributed by atoms with Crippen molar-refractivity contribution in [1.82, 2.24) is 4.90 Å². The lowest BCUT2D eigenvalue weighted by Crippen LogP contribution is -2.44. The molecule has 0 amide bonds. The summed E-state index contributed by atoms with van der Waals surface area (Å²) < 4.78 is 12.8. The molecule has 0 bridgehead atoms. The number of guanidine groups is 1. The molecule has 1 saturated heterocycles. The average molecular weight is 243 g/mol. The van der Waals surface area contributed by atoms with Gasteiger partial charge < -0.3 is 25.8 Å². The molecule has 0 aromatic rings. The molecule has 0 aromatic carbocycles. The van der Waals surface area contributed by atoms with Crippen LogP contribution in [-0.4, -0.2) is 63.6 Å². The molecule has 1 unspecified atom stereocenters. The largest absolute Gasteiger partial charge is 0.394 e. The van der Waals surface area contributed by atoms with Crippen LogP contribution < -0.4 is 5.73 Å². The number of aliphatic hydroxyl groups is 3. The fraction of sp³-hybridized carbons (Fsp3) is 0.556. The minimum Gasteiger partial charge on any atom is -0.394 e. The molecular formula is C9H14N4O4. The van der Waals surface area contributed by atoms with Gasteiger partial charge in [0.2, 0.25) is 5.96 Å². The van der Waals surface area contributed by atoms with Gasteiger partial charge in [0, 0.05) is 0 Å². The topological polar surface area (TPSA) is 124 Å². The Bertz CT molecular complexity index is 425. The predicted molar refractivity (Wildman–Crippen MR) is 58.9 cm³/mol. The van der Waals surface area contributed by atoms with E-state index in [4.69, 9.17) is 16.9 Å². The van der Waals surface area contributed by atoms with Crippen molar-refractivity contribution in [2.24, 2.45) is 15.7 Å². The number of hydrogen-bond donors (Lipinski definition) is 4. The number of nitrogens with two attached hydrogens (primary N) is 1. The van der Waals surface area contributed by atoms with Crippen LogP contribution in [0.2, 0.25) is 0 Å². The normalized spacial score (nSPS) is 42.6. The first-order chi connectivity index (χ1) is 8.37. The summed E-state index contributed by atoms with van der Waals surface area (Å²) in [5.74, 6) is 0.157. The smallest absolute Gasteiger partial charge is 0.223 e. The lowest BCUT2D eigenvalue weighted by atomic mass is 10.1. The molecule has 0 aromatic heterocycles. The molecule has 8 heteroatoms. The van der Waals surface area contributed by atoms with Crippen molar-refractivity contribution in [2.75, 3.05) is 6.61 Å². The molecule has 2 rings (SSSR count). The highest BCUT2D eigenvalue weighted by Gasteiger charge is 2.45. The standard InChI is InChI=1S/C9H14N4O4/c1-4-12-9(10)11-3-13(4)8-7(16)6(15)5(2-14)17-8/h3,5-8,14-16H,1-2H2,(H2,10,12)/t5-,6?,7+,8-/m1/s1/i6D. The van der Waals surface area contributed by atoms with E-state index in [0.29, 0.717) is 0 Å². The Hall–Kier alpha value is -1.48. The summed E-state index contributed by atoms with van der Waals surface area (Å²) >= 11 is 0. The van der Waals surface area contributed by atoms with Crippen LogP contribution in [-0.2, 0) is 4.74 Å². The molecule has 8 nitrogen and oxygen atoms in total. The number of rotatable bonds is 2. The first kappa shape index (κ1) is 10.7. The summed E-state index contributed by atoms with van der Waals surface area (Å²) in [6, 6.07) is 0. The van der Waals surface area contributed by atoms with E-state index in [-0.39, 0.29) is 11.8 Å². The van der Waals surface area contributed by atoms with E-state index < -0.39 is 31.1 Å².